The largest absolute Gasteiger partial charge is 0.444 e. The number of ether oxygens (including phenoxy) is 1. The normalized spacial score (nSPS) is 15.8. The Morgan fingerprint density at radius 1 is 1.22 bits per heavy atom. The number of likely N-dealkylation sites (tertiary alicyclic amines) is 1. The Morgan fingerprint density at radius 2 is 1.89 bits per heavy atom. The molecule has 27 heavy (non-hydrogen) atoms. The van der Waals surface area contributed by atoms with E-state index < -0.39 is 11.4 Å². The molecule has 0 unspecified atom stereocenters. The molecule has 0 radical (unpaired) electrons. The number of oxazole rings is 1. The van der Waals surface area contributed by atoms with Crippen molar-refractivity contribution in [3.63, 3.8) is 0 Å². The monoisotopic (exact) mass is 375 g/mol. The van der Waals surface area contributed by atoms with Gasteiger partial charge in [-0.3, -0.25) is 9.36 Å². The maximum absolute atomic E-state index is 12.5. The molecule has 3 rings (SSSR count). The smallest absolute Gasteiger partial charge is 0.419 e. The second-order valence-corrected chi connectivity index (χ2v) is 7.84. The number of amides is 2. The second kappa shape index (κ2) is 7.09. The van der Waals surface area contributed by atoms with E-state index in [0.29, 0.717) is 42.7 Å². The molecule has 0 saturated carbocycles. The van der Waals surface area contributed by atoms with Gasteiger partial charge in [0.1, 0.15) is 5.60 Å². The number of fused-ring (bicyclic) bond motifs is 1. The number of anilines is 1. The number of hydrogen-bond acceptors (Lipinski definition) is 5. The molecule has 0 atom stereocenters. The van der Waals surface area contributed by atoms with Crippen LogP contribution in [0.4, 0.5) is 10.5 Å². The van der Waals surface area contributed by atoms with Gasteiger partial charge in [0.2, 0.25) is 5.91 Å². The van der Waals surface area contributed by atoms with Crippen molar-refractivity contribution in [1.29, 1.82) is 0 Å². The molecule has 1 aromatic carbocycles. The fraction of sp³-hybridized carbons (Fsp3) is 0.526. The number of carbonyl (C=O) groups excluding carboxylic acids is 2. The summed E-state index contributed by atoms with van der Waals surface area (Å²) in [7, 11) is 1.63. The number of nitrogens with one attached hydrogen (secondary N) is 1. The van der Waals surface area contributed by atoms with Crippen molar-refractivity contribution >= 4 is 28.8 Å². The van der Waals surface area contributed by atoms with Gasteiger partial charge < -0.3 is 19.4 Å². The van der Waals surface area contributed by atoms with Gasteiger partial charge in [0.15, 0.2) is 5.58 Å². The van der Waals surface area contributed by atoms with Crippen LogP contribution < -0.4 is 11.1 Å². The molecular weight excluding hydrogens is 350 g/mol. The molecule has 2 amide bonds. The standard InChI is InChI=1S/C19H25N3O5/c1-19(2,3)27-18(25)22-9-7-12(8-10-22)16(23)20-13-5-6-14-15(11-13)26-17(24)21(14)4/h5-6,11-12H,7-10H2,1-4H3,(H,20,23). The minimum absolute atomic E-state index is 0.100. The van der Waals surface area contributed by atoms with Gasteiger partial charge in [-0.15, -0.1) is 0 Å². The molecule has 1 N–H and O–H groups in total. The number of hydrogen-bond donors (Lipinski definition) is 1. The summed E-state index contributed by atoms with van der Waals surface area (Å²) in [5.74, 6) is -0.721. The number of benzene rings is 1. The number of piperidine rings is 1. The van der Waals surface area contributed by atoms with Crippen LogP contribution in [-0.4, -0.2) is 40.2 Å². The first kappa shape index (κ1) is 19.0. The third-order valence-electron chi connectivity index (χ3n) is 4.58. The molecule has 1 aliphatic rings. The van der Waals surface area contributed by atoms with Crippen molar-refractivity contribution in [2.75, 3.05) is 18.4 Å². The zero-order valence-electron chi connectivity index (χ0n) is 16.1. The maximum Gasteiger partial charge on any atom is 0.419 e. The quantitative estimate of drug-likeness (QED) is 0.871. The minimum Gasteiger partial charge on any atom is -0.444 e. The van der Waals surface area contributed by atoms with Crippen LogP contribution in [-0.2, 0) is 16.6 Å². The molecule has 0 bridgehead atoms. The van der Waals surface area contributed by atoms with Crippen LogP contribution in [0, 0.1) is 5.92 Å². The molecule has 2 aromatic rings. The van der Waals surface area contributed by atoms with Crippen LogP contribution >= 0.6 is 0 Å². The Bertz CT molecular complexity index is 914. The van der Waals surface area contributed by atoms with Crippen LogP contribution in [0.25, 0.3) is 11.1 Å². The Hall–Kier alpha value is -2.77. The average Bonchev–Trinajstić information content (AvgIpc) is 2.87. The highest BCUT2D eigenvalue weighted by molar-refractivity contribution is 5.94. The Labute approximate surface area is 157 Å². The Kier molecular flexibility index (Phi) is 4.99. The van der Waals surface area contributed by atoms with Gasteiger partial charge in [0.05, 0.1) is 5.52 Å². The summed E-state index contributed by atoms with van der Waals surface area (Å²) in [5.41, 5.74) is 1.15. The molecule has 1 saturated heterocycles. The molecule has 0 spiro atoms. The molecule has 1 aliphatic heterocycles. The highest BCUT2D eigenvalue weighted by Gasteiger charge is 2.30. The zero-order chi connectivity index (χ0) is 19.8. The van der Waals surface area contributed by atoms with E-state index in [4.69, 9.17) is 9.15 Å². The van der Waals surface area contributed by atoms with Crippen molar-refractivity contribution in [3.05, 3.63) is 28.7 Å². The predicted octanol–water partition coefficient (Wildman–Crippen LogP) is 2.72. The van der Waals surface area contributed by atoms with E-state index in [-0.39, 0.29) is 17.9 Å². The molecular formula is C19H25N3O5. The number of nitrogens with zero attached hydrogens (tertiary/aromatic N) is 2. The number of aromatic nitrogens is 1. The van der Waals surface area contributed by atoms with Crippen molar-refractivity contribution in [1.82, 2.24) is 9.47 Å². The highest BCUT2D eigenvalue weighted by atomic mass is 16.6. The summed E-state index contributed by atoms with van der Waals surface area (Å²) in [5, 5.41) is 2.87. The Balaban J connectivity index is 1.58. The number of carbonyl (C=O) groups is 2. The van der Waals surface area contributed by atoms with Crippen molar-refractivity contribution in [2.45, 2.75) is 39.2 Å². The van der Waals surface area contributed by atoms with Gasteiger partial charge in [0.25, 0.3) is 0 Å². The molecule has 8 heteroatoms. The minimum atomic E-state index is -0.531. The van der Waals surface area contributed by atoms with Crippen LogP contribution in [0.15, 0.2) is 27.4 Å². The first-order valence-corrected chi connectivity index (χ1v) is 9.02. The lowest BCUT2D eigenvalue weighted by Gasteiger charge is -2.32. The van der Waals surface area contributed by atoms with Crippen molar-refractivity contribution < 1.29 is 18.7 Å². The van der Waals surface area contributed by atoms with Crippen LogP contribution in [0.3, 0.4) is 0 Å². The SMILES string of the molecule is Cn1c(=O)oc2cc(NC(=O)C3CCN(C(=O)OC(C)(C)C)CC3)ccc21. The fourth-order valence-electron chi connectivity index (χ4n) is 3.11. The first-order chi connectivity index (χ1) is 12.6. The highest BCUT2D eigenvalue weighted by Crippen LogP contribution is 2.23. The maximum atomic E-state index is 12.5. The lowest BCUT2D eigenvalue weighted by molar-refractivity contribution is -0.121. The summed E-state index contributed by atoms with van der Waals surface area (Å²) in [6, 6.07) is 5.12. The van der Waals surface area contributed by atoms with Gasteiger partial charge >= 0.3 is 11.8 Å². The van der Waals surface area contributed by atoms with Crippen LogP contribution in [0.1, 0.15) is 33.6 Å². The van der Waals surface area contributed by atoms with E-state index in [1.54, 1.807) is 30.1 Å². The topological polar surface area (TPSA) is 93.8 Å². The lowest BCUT2D eigenvalue weighted by Crippen LogP contribution is -2.43. The first-order valence-electron chi connectivity index (χ1n) is 9.02. The third-order valence-corrected chi connectivity index (χ3v) is 4.58. The molecule has 1 aromatic heterocycles. The van der Waals surface area contributed by atoms with Gasteiger partial charge in [-0.25, -0.2) is 9.59 Å². The van der Waals surface area contributed by atoms with Crippen molar-refractivity contribution in [3.8, 4) is 0 Å². The number of aryl methyl sites for hydroxylation is 1. The zero-order valence-corrected chi connectivity index (χ0v) is 16.1. The fourth-order valence-corrected chi connectivity index (χ4v) is 3.11. The van der Waals surface area contributed by atoms with Gasteiger partial charge in [-0.05, 0) is 45.7 Å². The summed E-state index contributed by atoms with van der Waals surface area (Å²) >= 11 is 0. The second-order valence-electron chi connectivity index (χ2n) is 7.84. The summed E-state index contributed by atoms with van der Waals surface area (Å²) in [6.45, 7) is 6.46. The molecule has 1 fully saturated rings. The van der Waals surface area contributed by atoms with Crippen LogP contribution in [0.5, 0.6) is 0 Å². The van der Waals surface area contributed by atoms with E-state index in [1.165, 1.54) is 4.57 Å². The number of rotatable bonds is 2. The van der Waals surface area contributed by atoms with Gasteiger partial charge in [0, 0.05) is 37.8 Å². The lowest BCUT2D eigenvalue weighted by atomic mass is 9.96. The van der Waals surface area contributed by atoms with E-state index >= 15 is 0 Å². The van der Waals surface area contributed by atoms with E-state index in [1.807, 2.05) is 20.8 Å². The van der Waals surface area contributed by atoms with Crippen LogP contribution in [0.2, 0.25) is 0 Å². The molecule has 2 heterocycles. The van der Waals surface area contributed by atoms with E-state index in [9.17, 15) is 14.4 Å². The van der Waals surface area contributed by atoms with E-state index in [0.717, 1.165) is 0 Å². The molecule has 8 nitrogen and oxygen atoms in total. The summed E-state index contributed by atoms with van der Waals surface area (Å²) < 4.78 is 11.9. The summed E-state index contributed by atoms with van der Waals surface area (Å²) in [4.78, 5) is 37.8. The third kappa shape index (κ3) is 4.32. The van der Waals surface area contributed by atoms with Crippen molar-refractivity contribution in [2.24, 2.45) is 13.0 Å². The Morgan fingerprint density at radius 3 is 2.52 bits per heavy atom. The van der Waals surface area contributed by atoms with Gasteiger partial charge in [-0.2, -0.15) is 0 Å². The summed E-state index contributed by atoms with van der Waals surface area (Å²) in [6.07, 6.45) is 0.813. The van der Waals surface area contributed by atoms with E-state index in [2.05, 4.69) is 5.32 Å². The molecule has 146 valence electrons. The van der Waals surface area contributed by atoms with Gasteiger partial charge in [-0.1, -0.05) is 0 Å². The molecule has 0 aliphatic carbocycles. The average molecular weight is 375 g/mol. The predicted molar refractivity (Wildman–Crippen MR) is 101 cm³/mol.